The minimum absolute atomic E-state index is 1.11. The van der Waals surface area contributed by atoms with Crippen LogP contribution in [0.2, 0.25) is 0 Å². The Morgan fingerprint density at radius 2 is 0.902 bits per heavy atom. The van der Waals surface area contributed by atoms with E-state index in [1.165, 1.54) is 66.4 Å². The maximum absolute atomic E-state index is 2.48. The van der Waals surface area contributed by atoms with Crippen LogP contribution in [0.4, 0.5) is 17.1 Å². The number of rotatable bonds is 7. The molecule has 8 aromatic carbocycles. The molecule has 0 spiro atoms. The first-order chi connectivity index (χ1) is 25.2. The van der Waals surface area contributed by atoms with Gasteiger partial charge in [0.05, 0.1) is 22.4 Å². The topological polar surface area (TPSA) is 8.17 Å². The summed E-state index contributed by atoms with van der Waals surface area (Å²) < 4.78 is 2.39. The van der Waals surface area contributed by atoms with Crippen LogP contribution in [0, 0.1) is 6.92 Å². The largest absolute Gasteiger partial charge is 0.309 e. The van der Waals surface area contributed by atoms with E-state index in [0.717, 1.165) is 17.1 Å². The Balaban J connectivity index is 1.30. The van der Waals surface area contributed by atoms with Crippen LogP contribution < -0.4 is 4.90 Å². The van der Waals surface area contributed by atoms with E-state index in [9.17, 15) is 0 Å². The van der Waals surface area contributed by atoms with E-state index in [2.05, 4.69) is 217 Å². The molecule has 1 heterocycles. The summed E-state index contributed by atoms with van der Waals surface area (Å²) in [4.78, 5) is 2.48. The third-order valence-corrected chi connectivity index (χ3v) is 9.93. The van der Waals surface area contributed by atoms with E-state index >= 15 is 0 Å². The molecule has 0 N–H and O–H groups in total. The number of aromatic nitrogens is 1. The number of nitrogens with zero attached hydrogens (tertiary/aromatic N) is 2. The molecule has 0 aliphatic carbocycles. The van der Waals surface area contributed by atoms with Crippen molar-refractivity contribution in [2.45, 2.75) is 6.92 Å². The molecule has 0 saturated carbocycles. The lowest BCUT2D eigenvalue weighted by Crippen LogP contribution is -2.13. The van der Waals surface area contributed by atoms with Crippen LogP contribution in [0.5, 0.6) is 0 Å². The molecule has 0 amide bonds. The maximum Gasteiger partial charge on any atom is 0.0569 e. The molecule has 0 unspecified atom stereocenters. The molecule has 0 fully saturated rings. The van der Waals surface area contributed by atoms with Gasteiger partial charge < -0.3 is 9.47 Å². The predicted octanol–water partition coefficient (Wildman–Crippen LogP) is 13.6. The van der Waals surface area contributed by atoms with Crippen LogP contribution in [-0.4, -0.2) is 4.57 Å². The Morgan fingerprint density at radius 3 is 1.57 bits per heavy atom. The number of hydrogen-bond acceptors (Lipinski definition) is 1. The minimum atomic E-state index is 1.11. The van der Waals surface area contributed by atoms with Gasteiger partial charge in [-0.25, -0.2) is 0 Å². The first-order valence-electron chi connectivity index (χ1n) is 17.5. The van der Waals surface area contributed by atoms with E-state index < -0.39 is 0 Å². The smallest absolute Gasteiger partial charge is 0.0569 e. The van der Waals surface area contributed by atoms with Crippen molar-refractivity contribution in [3.63, 3.8) is 0 Å². The first kappa shape index (κ1) is 30.4. The van der Waals surface area contributed by atoms with Crippen molar-refractivity contribution in [2.24, 2.45) is 0 Å². The summed E-state index contributed by atoms with van der Waals surface area (Å²) in [5, 5.41) is 2.44. The van der Waals surface area contributed by atoms with Crippen LogP contribution >= 0.6 is 0 Å². The van der Waals surface area contributed by atoms with E-state index in [0.29, 0.717) is 0 Å². The SMILES string of the molecule is Cc1cccc(-c2ccc(-c3ccccc3)cc2)c1N(c1ccc(-c2ccccc2)cc1)c1cccc2c1c1ccccc1n2-c1ccccc1. The van der Waals surface area contributed by atoms with E-state index in [-0.39, 0.29) is 0 Å². The fourth-order valence-electron chi connectivity index (χ4n) is 7.53. The molecule has 2 nitrogen and oxygen atoms in total. The molecule has 0 aliphatic rings. The summed E-state index contributed by atoms with van der Waals surface area (Å²) in [7, 11) is 0. The third-order valence-electron chi connectivity index (χ3n) is 9.93. The minimum Gasteiger partial charge on any atom is -0.309 e. The highest BCUT2D eigenvalue weighted by Crippen LogP contribution is 2.48. The van der Waals surface area contributed by atoms with Crippen LogP contribution in [0.15, 0.2) is 200 Å². The molecule has 0 aliphatic heterocycles. The summed E-state index contributed by atoms with van der Waals surface area (Å²) in [5.74, 6) is 0. The average molecular weight is 653 g/mol. The maximum atomic E-state index is 2.48. The Labute approximate surface area is 299 Å². The van der Waals surface area contributed by atoms with Crippen LogP contribution in [0.25, 0.3) is 60.9 Å². The van der Waals surface area contributed by atoms with Gasteiger partial charge in [-0.05, 0) is 82.8 Å². The molecule has 0 radical (unpaired) electrons. The van der Waals surface area contributed by atoms with Gasteiger partial charge in [-0.1, -0.05) is 158 Å². The van der Waals surface area contributed by atoms with Gasteiger partial charge in [0.25, 0.3) is 0 Å². The van der Waals surface area contributed by atoms with Crippen molar-refractivity contribution >= 4 is 38.9 Å². The average Bonchev–Trinajstić information content (AvgIpc) is 3.55. The third kappa shape index (κ3) is 5.48. The Hall–Kier alpha value is -6.64. The van der Waals surface area contributed by atoms with Crippen molar-refractivity contribution in [3.8, 4) is 39.1 Å². The second-order valence-electron chi connectivity index (χ2n) is 13.0. The zero-order chi connectivity index (χ0) is 34.1. The Kier molecular flexibility index (Phi) is 7.75. The second kappa shape index (κ2) is 13.0. The van der Waals surface area contributed by atoms with Crippen molar-refractivity contribution in [1.29, 1.82) is 0 Å². The molecule has 9 aromatic rings. The Morgan fingerprint density at radius 1 is 0.392 bits per heavy atom. The number of benzene rings is 8. The zero-order valence-electron chi connectivity index (χ0n) is 28.4. The highest BCUT2D eigenvalue weighted by Gasteiger charge is 2.24. The number of anilines is 3. The number of para-hydroxylation sites is 3. The summed E-state index contributed by atoms with van der Waals surface area (Å²) in [6.07, 6.45) is 0. The molecule has 0 atom stereocenters. The normalized spacial score (nSPS) is 11.2. The quantitative estimate of drug-likeness (QED) is 0.166. The van der Waals surface area contributed by atoms with E-state index in [4.69, 9.17) is 0 Å². The van der Waals surface area contributed by atoms with E-state index in [1.807, 2.05) is 0 Å². The fraction of sp³-hybridized carbons (Fsp3) is 0.0204. The van der Waals surface area contributed by atoms with Crippen molar-refractivity contribution in [1.82, 2.24) is 4.57 Å². The van der Waals surface area contributed by atoms with Gasteiger partial charge in [0.1, 0.15) is 0 Å². The molecular weight excluding hydrogens is 617 g/mol. The highest BCUT2D eigenvalue weighted by molar-refractivity contribution is 6.17. The second-order valence-corrected chi connectivity index (χ2v) is 13.0. The molecule has 2 heteroatoms. The monoisotopic (exact) mass is 652 g/mol. The number of aryl methyl sites for hydroxylation is 1. The van der Waals surface area contributed by atoms with Gasteiger partial charge in [0.15, 0.2) is 0 Å². The van der Waals surface area contributed by atoms with Crippen molar-refractivity contribution < 1.29 is 0 Å². The molecule has 242 valence electrons. The lowest BCUT2D eigenvalue weighted by atomic mass is 9.95. The van der Waals surface area contributed by atoms with Gasteiger partial charge in [0.2, 0.25) is 0 Å². The lowest BCUT2D eigenvalue weighted by Gasteiger charge is -2.30. The van der Waals surface area contributed by atoms with Crippen molar-refractivity contribution in [2.75, 3.05) is 4.90 Å². The summed E-state index contributed by atoms with van der Waals surface area (Å²) in [6, 6.07) is 72.1. The molecule has 1 aromatic heterocycles. The molecule has 0 saturated heterocycles. The van der Waals surface area contributed by atoms with Gasteiger partial charge >= 0.3 is 0 Å². The summed E-state index contributed by atoms with van der Waals surface area (Å²) in [5.41, 5.74) is 15.3. The Bertz CT molecular complexity index is 2600. The van der Waals surface area contributed by atoms with Gasteiger partial charge in [-0.2, -0.15) is 0 Å². The van der Waals surface area contributed by atoms with Crippen LogP contribution in [0.3, 0.4) is 0 Å². The van der Waals surface area contributed by atoms with Gasteiger partial charge in [-0.3, -0.25) is 0 Å². The van der Waals surface area contributed by atoms with Gasteiger partial charge in [0, 0.05) is 27.7 Å². The molecule has 51 heavy (non-hydrogen) atoms. The fourth-order valence-corrected chi connectivity index (χ4v) is 7.53. The number of fused-ring (bicyclic) bond motifs is 3. The molecule has 0 bridgehead atoms. The highest BCUT2D eigenvalue weighted by atomic mass is 15.2. The van der Waals surface area contributed by atoms with E-state index in [1.54, 1.807) is 0 Å². The lowest BCUT2D eigenvalue weighted by molar-refractivity contribution is 1.18. The first-order valence-corrected chi connectivity index (χ1v) is 17.5. The van der Waals surface area contributed by atoms with Gasteiger partial charge in [-0.15, -0.1) is 0 Å². The predicted molar refractivity (Wildman–Crippen MR) is 217 cm³/mol. The van der Waals surface area contributed by atoms with Crippen molar-refractivity contribution in [3.05, 3.63) is 206 Å². The molecule has 9 rings (SSSR count). The van der Waals surface area contributed by atoms with Crippen LogP contribution in [-0.2, 0) is 0 Å². The zero-order valence-corrected chi connectivity index (χ0v) is 28.4. The standard InChI is InChI=1S/C49H36N2/c1-35-15-13-23-43(40-29-27-38(28-30-40)36-16-5-2-6-17-36)49(35)51(42-33-31-39(32-34-42)37-18-7-3-8-19-37)47-26-14-25-46-48(47)44-22-11-12-24-45(44)50(46)41-20-9-4-10-21-41/h2-34H,1H3. The number of hydrogen-bond donors (Lipinski definition) is 0. The molecular formula is C49H36N2. The summed E-state index contributed by atoms with van der Waals surface area (Å²) in [6.45, 7) is 2.23. The van der Waals surface area contributed by atoms with Crippen LogP contribution in [0.1, 0.15) is 5.56 Å². The summed E-state index contributed by atoms with van der Waals surface area (Å²) >= 11 is 0.